The summed E-state index contributed by atoms with van der Waals surface area (Å²) in [6.45, 7) is 5.87. The van der Waals surface area contributed by atoms with Crippen LogP contribution in [-0.2, 0) is 9.53 Å². The van der Waals surface area contributed by atoms with Gasteiger partial charge in [0, 0.05) is 17.2 Å². The quantitative estimate of drug-likeness (QED) is 0.355. The number of esters is 1. The van der Waals surface area contributed by atoms with Crippen LogP contribution in [0.15, 0.2) is 53.2 Å². The zero-order valence-electron chi connectivity index (χ0n) is 14.7. The number of carbonyl (C=O) groups is 1. The molecule has 0 saturated carbocycles. The summed E-state index contributed by atoms with van der Waals surface area (Å²) in [4.78, 5) is 26.9. The van der Waals surface area contributed by atoms with Crippen molar-refractivity contribution in [3.8, 4) is 0 Å². The Hall–Kier alpha value is -3.28. The van der Waals surface area contributed by atoms with Crippen LogP contribution in [0.4, 0.5) is 5.69 Å². The minimum Gasteiger partial charge on any atom is -0.402 e. The Morgan fingerprint density at radius 3 is 2.46 bits per heavy atom. The maximum atomic E-state index is 12.1. The molecule has 132 valence electrons. The predicted molar refractivity (Wildman–Crippen MR) is 99.0 cm³/mol. The Morgan fingerprint density at radius 2 is 1.85 bits per heavy atom. The lowest BCUT2D eigenvalue weighted by molar-refractivity contribution is -0.385. The number of cyclic esters (lactones) is 1. The molecule has 26 heavy (non-hydrogen) atoms. The molecule has 0 aromatic heterocycles. The molecule has 6 nitrogen and oxygen atoms in total. The third kappa shape index (κ3) is 3.54. The first-order chi connectivity index (χ1) is 12.3. The van der Waals surface area contributed by atoms with E-state index in [0.717, 1.165) is 5.56 Å². The van der Waals surface area contributed by atoms with Crippen LogP contribution in [0.25, 0.3) is 6.08 Å². The van der Waals surface area contributed by atoms with Gasteiger partial charge in [-0.3, -0.25) is 10.1 Å². The molecular formula is C20H18N2O4. The molecule has 2 aromatic carbocycles. The Kier molecular flexibility index (Phi) is 4.67. The van der Waals surface area contributed by atoms with E-state index in [4.69, 9.17) is 4.74 Å². The molecule has 0 spiro atoms. The van der Waals surface area contributed by atoms with Crippen LogP contribution in [0.3, 0.4) is 0 Å². The number of nitro benzene ring substituents is 1. The number of carbonyl (C=O) groups excluding carboxylic acids is 1. The highest BCUT2D eigenvalue weighted by atomic mass is 16.6. The first-order valence-corrected chi connectivity index (χ1v) is 8.23. The monoisotopic (exact) mass is 350 g/mol. The highest BCUT2D eigenvalue weighted by Crippen LogP contribution is 2.24. The molecule has 2 aromatic rings. The second-order valence-corrected chi connectivity index (χ2v) is 6.42. The minimum atomic E-state index is -0.573. The molecule has 3 rings (SSSR count). The topological polar surface area (TPSA) is 81.8 Å². The van der Waals surface area contributed by atoms with Crippen molar-refractivity contribution in [2.75, 3.05) is 0 Å². The number of nitrogens with zero attached hydrogens (tertiary/aromatic N) is 2. The van der Waals surface area contributed by atoms with Gasteiger partial charge in [0.25, 0.3) is 5.69 Å². The summed E-state index contributed by atoms with van der Waals surface area (Å²) in [5.41, 5.74) is 3.10. The number of aliphatic imine (C=N–C) groups is 1. The molecule has 0 amide bonds. The van der Waals surface area contributed by atoms with E-state index >= 15 is 0 Å². The Morgan fingerprint density at radius 1 is 1.15 bits per heavy atom. The molecule has 0 bridgehead atoms. The van der Waals surface area contributed by atoms with Crippen LogP contribution >= 0.6 is 0 Å². The van der Waals surface area contributed by atoms with Gasteiger partial charge in [-0.15, -0.1) is 0 Å². The summed E-state index contributed by atoms with van der Waals surface area (Å²) in [5, 5.41) is 11.1. The van der Waals surface area contributed by atoms with Gasteiger partial charge in [-0.2, -0.15) is 0 Å². The van der Waals surface area contributed by atoms with Crippen LogP contribution in [0, 0.1) is 17.0 Å². The van der Waals surface area contributed by atoms with E-state index in [9.17, 15) is 14.9 Å². The molecule has 1 aliphatic rings. The molecule has 1 heterocycles. The SMILES string of the molecule is Cc1ccc(C2=N/C(=C/c3ccc(C(C)C)cc3)C(=O)O2)cc1[N+](=O)[O-]. The third-order valence-corrected chi connectivity index (χ3v) is 4.18. The van der Waals surface area contributed by atoms with Crippen molar-refractivity contribution in [2.24, 2.45) is 4.99 Å². The van der Waals surface area contributed by atoms with Crippen LogP contribution in [0.5, 0.6) is 0 Å². The van der Waals surface area contributed by atoms with E-state index in [1.807, 2.05) is 24.3 Å². The van der Waals surface area contributed by atoms with Gasteiger partial charge in [0.05, 0.1) is 4.92 Å². The molecule has 6 heteroatoms. The van der Waals surface area contributed by atoms with Crippen molar-refractivity contribution in [3.05, 3.63) is 80.5 Å². The summed E-state index contributed by atoms with van der Waals surface area (Å²) >= 11 is 0. The number of hydrogen-bond acceptors (Lipinski definition) is 5. The first-order valence-electron chi connectivity index (χ1n) is 8.23. The Balaban J connectivity index is 1.91. The maximum absolute atomic E-state index is 12.1. The number of benzene rings is 2. The summed E-state index contributed by atoms with van der Waals surface area (Å²) in [7, 11) is 0. The van der Waals surface area contributed by atoms with Crippen LogP contribution < -0.4 is 0 Å². The van der Waals surface area contributed by atoms with E-state index in [0.29, 0.717) is 17.0 Å². The minimum absolute atomic E-state index is 0.0389. The van der Waals surface area contributed by atoms with Crippen molar-refractivity contribution in [1.82, 2.24) is 0 Å². The highest BCUT2D eigenvalue weighted by Gasteiger charge is 2.25. The first kappa shape index (κ1) is 17.5. The lowest BCUT2D eigenvalue weighted by atomic mass is 10.0. The van der Waals surface area contributed by atoms with Gasteiger partial charge in [-0.05, 0) is 36.1 Å². The number of ether oxygens (including phenoxy) is 1. The Bertz CT molecular complexity index is 941. The molecule has 0 aliphatic carbocycles. The molecule has 0 saturated heterocycles. The van der Waals surface area contributed by atoms with Gasteiger partial charge < -0.3 is 4.74 Å². The molecule has 0 N–H and O–H groups in total. The third-order valence-electron chi connectivity index (χ3n) is 4.18. The number of rotatable bonds is 4. The summed E-state index contributed by atoms with van der Waals surface area (Å²) < 4.78 is 5.19. The average Bonchev–Trinajstić information content (AvgIpc) is 2.96. The number of aryl methyl sites for hydroxylation is 1. The van der Waals surface area contributed by atoms with E-state index in [1.165, 1.54) is 11.6 Å². The average molecular weight is 350 g/mol. The molecule has 0 radical (unpaired) electrons. The van der Waals surface area contributed by atoms with Crippen molar-refractivity contribution < 1.29 is 14.5 Å². The zero-order valence-corrected chi connectivity index (χ0v) is 14.7. The molecular weight excluding hydrogens is 332 g/mol. The molecule has 0 unspecified atom stereocenters. The van der Waals surface area contributed by atoms with Crippen molar-refractivity contribution >= 4 is 23.6 Å². The Labute approximate surface area is 151 Å². The van der Waals surface area contributed by atoms with Gasteiger partial charge in [-0.25, -0.2) is 9.79 Å². The van der Waals surface area contributed by atoms with Crippen LogP contribution in [0.1, 0.15) is 42.0 Å². The summed E-state index contributed by atoms with van der Waals surface area (Å²) in [5.74, 6) is -0.0746. The largest absolute Gasteiger partial charge is 0.402 e. The summed E-state index contributed by atoms with van der Waals surface area (Å²) in [6, 6.07) is 12.5. The van der Waals surface area contributed by atoms with Gasteiger partial charge >= 0.3 is 5.97 Å². The highest BCUT2D eigenvalue weighted by molar-refractivity contribution is 6.13. The fourth-order valence-corrected chi connectivity index (χ4v) is 2.61. The summed E-state index contributed by atoms with van der Waals surface area (Å²) in [6.07, 6.45) is 1.64. The van der Waals surface area contributed by atoms with Gasteiger partial charge in [-0.1, -0.05) is 44.2 Å². The van der Waals surface area contributed by atoms with Crippen LogP contribution in [-0.4, -0.2) is 16.8 Å². The van der Waals surface area contributed by atoms with Gasteiger partial charge in [0.1, 0.15) is 0 Å². The molecule has 0 atom stereocenters. The molecule has 0 fully saturated rings. The van der Waals surface area contributed by atoms with Gasteiger partial charge in [0.2, 0.25) is 5.90 Å². The smallest absolute Gasteiger partial charge is 0.363 e. The van der Waals surface area contributed by atoms with E-state index in [1.54, 1.807) is 25.1 Å². The lowest BCUT2D eigenvalue weighted by Crippen LogP contribution is -2.06. The maximum Gasteiger partial charge on any atom is 0.363 e. The number of hydrogen-bond donors (Lipinski definition) is 0. The van der Waals surface area contributed by atoms with E-state index < -0.39 is 10.9 Å². The lowest BCUT2D eigenvalue weighted by Gasteiger charge is -2.04. The second-order valence-electron chi connectivity index (χ2n) is 6.42. The standard InChI is InChI=1S/C20H18N2O4/c1-12(2)15-8-5-14(6-9-15)10-17-20(23)26-19(21-17)16-7-4-13(3)18(11-16)22(24)25/h4-12H,1-3H3/b17-10+. The fraction of sp³-hybridized carbons (Fsp3) is 0.200. The molecule has 1 aliphatic heterocycles. The zero-order chi connectivity index (χ0) is 18.8. The van der Waals surface area contributed by atoms with Crippen molar-refractivity contribution in [2.45, 2.75) is 26.7 Å². The van der Waals surface area contributed by atoms with Crippen LogP contribution in [0.2, 0.25) is 0 Å². The van der Waals surface area contributed by atoms with E-state index in [2.05, 4.69) is 18.8 Å². The van der Waals surface area contributed by atoms with Crippen molar-refractivity contribution in [1.29, 1.82) is 0 Å². The second kappa shape index (κ2) is 6.92. The number of nitro groups is 1. The normalized spacial score (nSPS) is 15.3. The fourth-order valence-electron chi connectivity index (χ4n) is 2.61. The van der Waals surface area contributed by atoms with Crippen molar-refractivity contribution in [3.63, 3.8) is 0 Å². The predicted octanol–water partition coefficient (Wildman–Crippen LogP) is 4.37. The van der Waals surface area contributed by atoms with E-state index in [-0.39, 0.29) is 17.3 Å². The van der Waals surface area contributed by atoms with Gasteiger partial charge in [0.15, 0.2) is 5.70 Å².